The van der Waals surface area contributed by atoms with E-state index < -0.39 is 10.0 Å². The van der Waals surface area contributed by atoms with E-state index in [1.165, 1.54) is 0 Å². The lowest BCUT2D eigenvalue weighted by atomic mass is 10.1. The van der Waals surface area contributed by atoms with Crippen LogP contribution in [0.15, 0.2) is 47.4 Å². The van der Waals surface area contributed by atoms with Gasteiger partial charge in [-0.1, -0.05) is 48.2 Å². The second kappa shape index (κ2) is 10.5. The Morgan fingerprint density at radius 3 is 2.43 bits per heavy atom. The number of sulfonamides is 1. The minimum atomic E-state index is -3.49. The maximum Gasteiger partial charge on any atom is 0.257 e. The van der Waals surface area contributed by atoms with Crippen LogP contribution in [0.5, 0.6) is 5.75 Å². The van der Waals surface area contributed by atoms with E-state index in [4.69, 9.17) is 27.9 Å². The average molecular weight is 471 g/mol. The molecule has 0 atom stereocenters. The maximum absolute atomic E-state index is 12.4. The molecule has 30 heavy (non-hydrogen) atoms. The predicted octanol–water partition coefficient (Wildman–Crippen LogP) is 3.95. The Morgan fingerprint density at radius 2 is 1.77 bits per heavy atom. The molecule has 0 aliphatic heterocycles. The van der Waals surface area contributed by atoms with Gasteiger partial charge in [-0.05, 0) is 55.2 Å². The SMILES string of the molecule is O=C(COc1ccc(Cl)cc1Cl)NCCc1ccc(S(=O)(=O)NC2CCCC2)cc1. The molecule has 9 heteroatoms. The summed E-state index contributed by atoms with van der Waals surface area (Å²) in [5.74, 6) is 0.111. The second-order valence-electron chi connectivity index (χ2n) is 7.21. The molecule has 3 rings (SSSR count). The summed E-state index contributed by atoms with van der Waals surface area (Å²) in [5.41, 5.74) is 0.928. The standard InChI is InChI=1S/C21H24Cl2N2O4S/c22-16-7-10-20(19(23)13-16)29-14-21(26)24-12-11-15-5-8-18(9-6-15)30(27,28)25-17-3-1-2-4-17/h5-10,13,17,25H,1-4,11-12,14H2,(H,24,26). The molecule has 1 saturated carbocycles. The summed E-state index contributed by atoms with van der Waals surface area (Å²) in [6.45, 7) is 0.244. The van der Waals surface area contributed by atoms with Gasteiger partial charge >= 0.3 is 0 Å². The van der Waals surface area contributed by atoms with Crippen LogP contribution >= 0.6 is 23.2 Å². The zero-order valence-corrected chi connectivity index (χ0v) is 18.7. The summed E-state index contributed by atoms with van der Waals surface area (Å²) < 4.78 is 33.0. The first-order chi connectivity index (χ1) is 14.3. The Kier molecular flexibility index (Phi) is 7.99. The molecular formula is C21H24Cl2N2O4S. The molecule has 0 heterocycles. The highest BCUT2D eigenvalue weighted by Gasteiger charge is 2.22. The third-order valence-corrected chi connectivity index (χ3v) is 6.97. The number of hydrogen-bond acceptors (Lipinski definition) is 4. The summed E-state index contributed by atoms with van der Waals surface area (Å²) in [6, 6.07) is 11.5. The molecule has 0 saturated heterocycles. The van der Waals surface area contributed by atoms with E-state index in [2.05, 4.69) is 10.0 Å². The third-order valence-electron chi connectivity index (χ3n) is 4.90. The number of amides is 1. The van der Waals surface area contributed by atoms with Crippen LogP contribution in [0, 0.1) is 0 Å². The van der Waals surface area contributed by atoms with Crippen LogP contribution in [0.25, 0.3) is 0 Å². The molecule has 1 aliphatic rings. The molecule has 2 aromatic carbocycles. The molecule has 2 aromatic rings. The van der Waals surface area contributed by atoms with Gasteiger partial charge in [0.2, 0.25) is 10.0 Å². The number of ether oxygens (including phenoxy) is 1. The fourth-order valence-corrected chi connectivity index (χ4v) is 5.07. The Hall–Kier alpha value is -1.80. The molecule has 0 unspecified atom stereocenters. The van der Waals surface area contributed by atoms with E-state index in [1.807, 2.05) is 0 Å². The minimum Gasteiger partial charge on any atom is -0.482 e. The number of carbonyl (C=O) groups is 1. The normalized spacial score (nSPS) is 14.6. The monoisotopic (exact) mass is 470 g/mol. The number of nitrogens with one attached hydrogen (secondary N) is 2. The van der Waals surface area contributed by atoms with Crippen LogP contribution in [-0.4, -0.2) is 33.5 Å². The number of carbonyl (C=O) groups excluding carboxylic acids is 1. The van der Waals surface area contributed by atoms with Crippen molar-refractivity contribution < 1.29 is 17.9 Å². The van der Waals surface area contributed by atoms with Crippen molar-refractivity contribution in [2.45, 2.75) is 43.0 Å². The van der Waals surface area contributed by atoms with E-state index >= 15 is 0 Å². The van der Waals surface area contributed by atoms with Gasteiger partial charge in [-0.25, -0.2) is 13.1 Å². The van der Waals surface area contributed by atoms with Crippen LogP contribution in [0.2, 0.25) is 10.0 Å². The highest BCUT2D eigenvalue weighted by atomic mass is 35.5. The van der Waals surface area contributed by atoms with Gasteiger partial charge in [0, 0.05) is 17.6 Å². The Bertz CT molecular complexity index is 975. The fourth-order valence-electron chi connectivity index (χ4n) is 3.30. The highest BCUT2D eigenvalue weighted by molar-refractivity contribution is 7.89. The quantitative estimate of drug-likeness (QED) is 0.580. The third kappa shape index (κ3) is 6.60. The first-order valence-electron chi connectivity index (χ1n) is 9.79. The van der Waals surface area contributed by atoms with Gasteiger partial charge < -0.3 is 10.1 Å². The highest BCUT2D eigenvalue weighted by Crippen LogP contribution is 2.27. The average Bonchev–Trinajstić information content (AvgIpc) is 3.20. The first kappa shape index (κ1) is 22.9. The van der Waals surface area contributed by atoms with Crippen molar-refractivity contribution >= 4 is 39.1 Å². The van der Waals surface area contributed by atoms with Crippen LogP contribution in [0.1, 0.15) is 31.2 Å². The van der Waals surface area contributed by atoms with Crippen LogP contribution in [-0.2, 0) is 21.2 Å². The summed E-state index contributed by atoms with van der Waals surface area (Å²) in [7, 11) is -3.49. The molecule has 0 bridgehead atoms. The van der Waals surface area contributed by atoms with Crippen LogP contribution in [0.3, 0.4) is 0 Å². The smallest absolute Gasteiger partial charge is 0.257 e. The molecule has 6 nitrogen and oxygen atoms in total. The number of halogens is 2. The number of hydrogen-bond donors (Lipinski definition) is 2. The van der Waals surface area contributed by atoms with E-state index in [0.717, 1.165) is 31.2 Å². The van der Waals surface area contributed by atoms with Gasteiger partial charge in [0.15, 0.2) is 6.61 Å². The lowest BCUT2D eigenvalue weighted by molar-refractivity contribution is -0.123. The Morgan fingerprint density at radius 1 is 1.07 bits per heavy atom. The van der Waals surface area contributed by atoms with E-state index in [9.17, 15) is 13.2 Å². The molecule has 1 aliphatic carbocycles. The molecular weight excluding hydrogens is 447 g/mol. The molecule has 2 N–H and O–H groups in total. The molecule has 0 spiro atoms. The molecule has 0 radical (unpaired) electrons. The Balaban J connectivity index is 1.42. The minimum absolute atomic E-state index is 0.0369. The van der Waals surface area contributed by atoms with Gasteiger partial charge in [-0.3, -0.25) is 4.79 Å². The van der Waals surface area contributed by atoms with Gasteiger partial charge in [-0.2, -0.15) is 0 Å². The van der Waals surface area contributed by atoms with Crippen molar-refractivity contribution in [3.8, 4) is 5.75 Å². The summed E-state index contributed by atoms with van der Waals surface area (Å²) >= 11 is 11.8. The second-order valence-corrected chi connectivity index (χ2v) is 9.77. The van der Waals surface area contributed by atoms with Crippen molar-refractivity contribution in [1.29, 1.82) is 0 Å². The van der Waals surface area contributed by atoms with Crippen LogP contribution < -0.4 is 14.8 Å². The van der Waals surface area contributed by atoms with E-state index in [-0.39, 0.29) is 23.5 Å². The Labute approximate surface area is 187 Å². The molecule has 162 valence electrons. The zero-order valence-electron chi connectivity index (χ0n) is 16.4. The molecule has 1 amide bonds. The predicted molar refractivity (Wildman–Crippen MR) is 118 cm³/mol. The van der Waals surface area contributed by atoms with Crippen molar-refractivity contribution in [3.05, 3.63) is 58.1 Å². The van der Waals surface area contributed by atoms with Crippen molar-refractivity contribution in [2.24, 2.45) is 0 Å². The van der Waals surface area contributed by atoms with E-state index in [1.54, 1.807) is 42.5 Å². The largest absolute Gasteiger partial charge is 0.482 e. The lowest BCUT2D eigenvalue weighted by Crippen LogP contribution is -2.32. The van der Waals surface area contributed by atoms with Gasteiger partial charge in [0.1, 0.15) is 5.75 Å². The van der Waals surface area contributed by atoms with Crippen LogP contribution in [0.4, 0.5) is 0 Å². The maximum atomic E-state index is 12.4. The van der Waals surface area contributed by atoms with E-state index in [0.29, 0.717) is 28.8 Å². The number of benzene rings is 2. The summed E-state index contributed by atoms with van der Waals surface area (Å²) in [5, 5.41) is 3.59. The topological polar surface area (TPSA) is 84.5 Å². The van der Waals surface area contributed by atoms with Crippen molar-refractivity contribution in [1.82, 2.24) is 10.0 Å². The summed E-state index contributed by atoms with van der Waals surface area (Å²) in [6.07, 6.45) is 4.49. The number of rotatable bonds is 9. The molecule has 0 aromatic heterocycles. The van der Waals surface area contributed by atoms with Crippen molar-refractivity contribution in [3.63, 3.8) is 0 Å². The van der Waals surface area contributed by atoms with Gasteiger partial charge in [0.25, 0.3) is 5.91 Å². The van der Waals surface area contributed by atoms with Crippen molar-refractivity contribution in [2.75, 3.05) is 13.2 Å². The van der Waals surface area contributed by atoms with Gasteiger partial charge in [-0.15, -0.1) is 0 Å². The molecule has 1 fully saturated rings. The van der Waals surface area contributed by atoms with Gasteiger partial charge in [0.05, 0.1) is 9.92 Å². The fraction of sp³-hybridized carbons (Fsp3) is 0.381. The zero-order chi connectivity index (χ0) is 21.6. The summed E-state index contributed by atoms with van der Waals surface area (Å²) in [4.78, 5) is 12.2. The first-order valence-corrected chi connectivity index (χ1v) is 12.0. The lowest BCUT2D eigenvalue weighted by Gasteiger charge is -2.13.